The molecule has 1 aromatic rings. The van der Waals surface area contributed by atoms with E-state index in [1.165, 1.54) is 0 Å². The SMILES string of the molecule is CON1CCN(C(=O)CNC(=O)Cc2ccccc2)CC1. The fraction of sp³-hybridized carbons (Fsp3) is 0.467. The monoisotopic (exact) mass is 291 g/mol. The Morgan fingerprint density at radius 1 is 1.14 bits per heavy atom. The first kappa shape index (κ1) is 15.5. The standard InChI is InChI=1S/C15H21N3O3/c1-21-18-9-7-17(8-10-18)15(20)12-16-14(19)11-13-5-3-2-4-6-13/h2-6H,7-12H2,1H3,(H,16,19). The molecule has 1 aliphatic heterocycles. The van der Waals surface area contributed by atoms with Crippen molar-refractivity contribution in [2.45, 2.75) is 6.42 Å². The van der Waals surface area contributed by atoms with Crippen molar-refractivity contribution < 1.29 is 14.4 Å². The predicted octanol–water partition coefficient (Wildman–Crippen LogP) is 0.0509. The molecule has 0 aromatic heterocycles. The quantitative estimate of drug-likeness (QED) is 0.833. The van der Waals surface area contributed by atoms with Crippen LogP contribution < -0.4 is 5.32 Å². The van der Waals surface area contributed by atoms with Crippen molar-refractivity contribution in [3.8, 4) is 0 Å². The summed E-state index contributed by atoms with van der Waals surface area (Å²) in [5.74, 6) is -0.183. The Balaban J connectivity index is 1.70. The molecule has 1 fully saturated rings. The van der Waals surface area contributed by atoms with Crippen molar-refractivity contribution in [2.24, 2.45) is 0 Å². The zero-order valence-electron chi connectivity index (χ0n) is 12.2. The molecule has 1 saturated heterocycles. The number of carbonyl (C=O) groups is 2. The molecule has 2 amide bonds. The molecule has 0 radical (unpaired) electrons. The van der Waals surface area contributed by atoms with E-state index in [4.69, 9.17) is 4.84 Å². The zero-order chi connectivity index (χ0) is 15.1. The average Bonchev–Trinajstić information content (AvgIpc) is 2.53. The van der Waals surface area contributed by atoms with Gasteiger partial charge in [-0.3, -0.25) is 9.59 Å². The van der Waals surface area contributed by atoms with Crippen molar-refractivity contribution >= 4 is 11.8 Å². The van der Waals surface area contributed by atoms with Crippen molar-refractivity contribution in [1.82, 2.24) is 15.3 Å². The van der Waals surface area contributed by atoms with Crippen LogP contribution in [0.1, 0.15) is 5.56 Å². The van der Waals surface area contributed by atoms with E-state index < -0.39 is 0 Å². The van der Waals surface area contributed by atoms with Gasteiger partial charge in [0, 0.05) is 26.2 Å². The van der Waals surface area contributed by atoms with E-state index in [1.54, 1.807) is 12.0 Å². The van der Waals surface area contributed by atoms with E-state index in [9.17, 15) is 9.59 Å². The van der Waals surface area contributed by atoms with Gasteiger partial charge in [0.15, 0.2) is 0 Å². The highest BCUT2D eigenvalue weighted by molar-refractivity contribution is 5.85. The lowest BCUT2D eigenvalue weighted by Crippen LogP contribution is -2.50. The molecule has 1 heterocycles. The van der Waals surface area contributed by atoms with Gasteiger partial charge < -0.3 is 15.1 Å². The first-order chi connectivity index (χ1) is 10.2. The van der Waals surface area contributed by atoms with Crippen LogP contribution in [0.2, 0.25) is 0 Å². The highest BCUT2D eigenvalue weighted by atomic mass is 16.7. The first-order valence-corrected chi connectivity index (χ1v) is 7.06. The van der Waals surface area contributed by atoms with Gasteiger partial charge in [0.25, 0.3) is 0 Å². The topological polar surface area (TPSA) is 61.9 Å². The highest BCUT2D eigenvalue weighted by Crippen LogP contribution is 2.02. The van der Waals surface area contributed by atoms with Crippen LogP contribution >= 0.6 is 0 Å². The van der Waals surface area contributed by atoms with Crippen molar-refractivity contribution in [3.63, 3.8) is 0 Å². The van der Waals surface area contributed by atoms with Gasteiger partial charge in [-0.15, -0.1) is 0 Å². The number of benzene rings is 1. The lowest BCUT2D eigenvalue weighted by Gasteiger charge is -2.33. The minimum atomic E-state index is -0.134. The number of nitrogens with one attached hydrogen (secondary N) is 1. The third-order valence-electron chi connectivity index (χ3n) is 3.49. The van der Waals surface area contributed by atoms with Gasteiger partial charge >= 0.3 is 0 Å². The Morgan fingerprint density at radius 3 is 2.43 bits per heavy atom. The molecule has 0 aliphatic carbocycles. The number of hydroxylamine groups is 2. The fourth-order valence-corrected chi connectivity index (χ4v) is 2.25. The van der Waals surface area contributed by atoms with E-state index in [-0.39, 0.29) is 18.4 Å². The number of nitrogens with zero attached hydrogens (tertiary/aromatic N) is 2. The maximum Gasteiger partial charge on any atom is 0.242 e. The molecule has 0 atom stereocenters. The van der Waals surface area contributed by atoms with Crippen LogP contribution in [0.15, 0.2) is 30.3 Å². The lowest BCUT2D eigenvalue weighted by atomic mass is 10.1. The summed E-state index contributed by atoms with van der Waals surface area (Å²) in [5.41, 5.74) is 0.941. The lowest BCUT2D eigenvalue weighted by molar-refractivity contribution is -0.161. The molecule has 21 heavy (non-hydrogen) atoms. The minimum Gasteiger partial charge on any atom is -0.347 e. The Kier molecular flexibility index (Phi) is 5.71. The van der Waals surface area contributed by atoms with Gasteiger partial charge in [-0.25, -0.2) is 0 Å². The zero-order valence-corrected chi connectivity index (χ0v) is 12.2. The van der Waals surface area contributed by atoms with Crippen LogP contribution in [0, 0.1) is 0 Å². The summed E-state index contributed by atoms with van der Waals surface area (Å²) in [4.78, 5) is 30.6. The maximum atomic E-state index is 12.0. The molecule has 1 aromatic carbocycles. The van der Waals surface area contributed by atoms with E-state index in [1.807, 2.05) is 35.4 Å². The van der Waals surface area contributed by atoms with E-state index >= 15 is 0 Å². The maximum absolute atomic E-state index is 12.0. The summed E-state index contributed by atoms with van der Waals surface area (Å²) in [5, 5.41) is 4.50. The molecule has 1 N–H and O–H groups in total. The van der Waals surface area contributed by atoms with Crippen molar-refractivity contribution in [2.75, 3.05) is 39.8 Å². The Hall–Kier alpha value is -1.92. The summed E-state index contributed by atoms with van der Waals surface area (Å²) < 4.78 is 0. The van der Waals surface area contributed by atoms with E-state index in [0.717, 1.165) is 5.56 Å². The summed E-state index contributed by atoms with van der Waals surface area (Å²) >= 11 is 0. The van der Waals surface area contributed by atoms with Gasteiger partial charge in [-0.05, 0) is 5.56 Å². The van der Waals surface area contributed by atoms with Crippen LogP contribution in [0.5, 0.6) is 0 Å². The molecular weight excluding hydrogens is 270 g/mol. The molecule has 6 nitrogen and oxygen atoms in total. The second kappa shape index (κ2) is 7.75. The van der Waals surface area contributed by atoms with Crippen LogP contribution in [0.25, 0.3) is 0 Å². The van der Waals surface area contributed by atoms with Crippen molar-refractivity contribution in [1.29, 1.82) is 0 Å². The third kappa shape index (κ3) is 4.84. The van der Waals surface area contributed by atoms with E-state index in [2.05, 4.69) is 5.32 Å². The van der Waals surface area contributed by atoms with E-state index in [0.29, 0.717) is 32.6 Å². The molecule has 0 bridgehead atoms. The van der Waals surface area contributed by atoms with Gasteiger partial charge in [-0.1, -0.05) is 30.3 Å². The van der Waals surface area contributed by atoms with Crippen LogP contribution in [0.3, 0.4) is 0 Å². The molecule has 0 unspecified atom stereocenters. The second-order valence-corrected chi connectivity index (χ2v) is 4.93. The first-order valence-electron chi connectivity index (χ1n) is 7.06. The molecule has 6 heteroatoms. The fourth-order valence-electron chi connectivity index (χ4n) is 2.25. The van der Waals surface area contributed by atoms with Crippen LogP contribution in [-0.2, 0) is 20.8 Å². The minimum absolute atomic E-state index is 0.0489. The number of hydrogen-bond acceptors (Lipinski definition) is 4. The average molecular weight is 291 g/mol. The number of carbonyl (C=O) groups excluding carboxylic acids is 2. The van der Waals surface area contributed by atoms with Crippen molar-refractivity contribution in [3.05, 3.63) is 35.9 Å². The van der Waals surface area contributed by atoms with Gasteiger partial charge in [0.05, 0.1) is 20.1 Å². The smallest absolute Gasteiger partial charge is 0.242 e. The molecule has 114 valence electrons. The highest BCUT2D eigenvalue weighted by Gasteiger charge is 2.21. The molecule has 2 rings (SSSR count). The summed E-state index contributed by atoms with van der Waals surface area (Å²) in [6.45, 7) is 2.70. The predicted molar refractivity (Wildman–Crippen MR) is 78.3 cm³/mol. The van der Waals surface area contributed by atoms with Gasteiger partial charge in [0.1, 0.15) is 0 Å². The summed E-state index contributed by atoms with van der Waals surface area (Å²) in [6.07, 6.45) is 0.297. The second-order valence-electron chi connectivity index (χ2n) is 4.93. The Labute approximate surface area is 124 Å². The Morgan fingerprint density at radius 2 is 1.81 bits per heavy atom. The largest absolute Gasteiger partial charge is 0.347 e. The number of piperazine rings is 1. The normalized spacial score (nSPS) is 15.8. The molecule has 1 aliphatic rings. The number of rotatable bonds is 5. The van der Waals surface area contributed by atoms with Crippen LogP contribution in [-0.4, -0.2) is 61.6 Å². The summed E-state index contributed by atoms with van der Waals surface area (Å²) in [6, 6.07) is 9.48. The molecule has 0 saturated carbocycles. The van der Waals surface area contributed by atoms with Crippen LogP contribution in [0.4, 0.5) is 0 Å². The Bertz CT molecular complexity index is 470. The number of amides is 2. The molecular formula is C15H21N3O3. The summed E-state index contributed by atoms with van der Waals surface area (Å²) in [7, 11) is 1.63. The number of hydrogen-bond donors (Lipinski definition) is 1. The molecule has 0 spiro atoms. The third-order valence-corrected chi connectivity index (χ3v) is 3.49. The van der Waals surface area contributed by atoms with Gasteiger partial charge in [-0.2, -0.15) is 5.06 Å². The van der Waals surface area contributed by atoms with Gasteiger partial charge in [0.2, 0.25) is 11.8 Å².